The van der Waals surface area contributed by atoms with Crippen LogP contribution in [0.25, 0.3) is 22.3 Å². The molecule has 1 aliphatic heterocycles. The van der Waals surface area contributed by atoms with E-state index in [0.29, 0.717) is 11.1 Å². The summed E-state index contributed by atoms with van der Waals surface area (Å²) in [6.45, 7) is 4.53. The van der Waals surface area contributed by atoms with E-state index in [2.05, 4.69) is 6.92 Å². The molecule has 0 aliphatic carbocycles. The fourth-order valence-corrected chi connectivity index (χ4v) is 4.29. The lowest BCUT2D eigenvalue weighted by atomic mass is 9.94. The lowest BCUT2D eigenvalue weighted by molar-refractivity contribution is -0.190. The minimum atomic E-state index is -1.08. The van der Waals surface area contributed by atoms with Crippen LogP contribution in [0, 0.1) is 23.3 Å². The van der Waals surface area contributed by atoms with Gasteiger partial charge in [0.2, 0.25) is 5.82 Å². The Kier molecular flexibility index (Phi) is 9.00. The van der Waals surface area contributed by atoms with Gasteiger partial charge in [-0.1, -0.05) is 61.9 Å². The van der Waals surface area contributed by atoms with E-state index in [-0.39, 0.29) is 48.6 Å². The maximum absolute atomic E-state index is 15.1. The highest BCUT2D eigenvalue weighted by molar-refractivity contribution is 5.72. The van der Waals surface area contributed by atoms with Gasteiger partial charge in [0.15, 0.2) is 29.5 Å². The molecule has 4 rings (SSSR count). The Morgan fingerprint density at radius 2 is 1.41 bits per heavy atom. The summed E-state index contributed by atoms with van der Waals surface area (Å²) >= 11 is 0. The molecule has 0 aromatic heterocycles. The molecule has 0 bridgehead atoms. The van der Waals surface area contributed by atoms with Crippen LogP contribution in [0.1, 0.15) is 44.6 Å². The summed E-state index contributed by atoms with van der Waals surface area (Å²) < 4.78 is 75.8. The van der Waals surface area contributed by atoms with Crippen molar-refractivity contribution in [2.75, 3.05) is 19.8 Å². The third-order valence-corrected chi connectivity index (χ3v) is 6.44. The lowest BCUT2D eigenvalue weighted by Gasteiger charge is -2.30. The van der Waals surface area contributed by atoms with Gasteiger partial charge in [-0.2, -0.15) is 4.39 Å². The summed E-state index contributed by atoms with van der Waals surface area (Å²) in [7, 11) is 0. The van der Waals surface area contributed by atoms with Crippen LogP contribution in [0.3, 0.4) is 0 Å². The van der Waals surface area contributed by atoms with E-state index in [0.717, 1.165) is 19.3 Å². The molecule has 1 fully saturated rings. The molecule has 196 valence electrons. The van der Waals surface area contributed by atoms with Gasteiger partial charge in [0.1, 0.15) is 6.61 Å². The van der Waals surface area contributed by atoms with Crippen LogP contribution >= 0.6 is 0 Å². The van der Waals surface area contributed by atoms with E-state index in [1.165, 1.54) is 30.3 Å². The van der Waals surface area contributed by atoms with Crippen LogP contribution in [0.4, 0.5) is 17.6 Å². The first-order valence-electron chi connectivity index (χ1n) is 12.5. The number of benzene rings is 3. The van der Waals surface area contributed by atoms with Gasteiger partial charge >= 0.3 is 0 Å². The summed E-state index contributed by atoms with van der Waals surface area (Å²) in [5.41, 5.74) is 1.13. The molecule has 7 heteroatoms. The quantitative estimate of drug-likeness (QED) is 0.213. The van der Waals surface area contributed by atoms with E-state index in [1.54, 1.807) is 37.3 Å². The monoisotopic (exact) mass is 514 g/mol. The van der Waals surface area contributed by atoms with Gasteiger partial charge in [-0.15, -0.1) is 0 Å². The zero-order chi connectivity index (χ0) is 26.4. The van der Waals surface area contributed by atoms with E-state index in [1.807, 2.05) is 0 Å². The first-order chi connectivity index (χ1) is 17.9. The molecule has 37 heavy (non-hydrogen) atoms. The number of hydrogen-bond acceptors (Lipinski definition) is 3. The van der Waals surface area contributed by atoms with Crippen LogP contribution < -0.4 is 4.74 Å². The molecular formula is C30H30F4O3. The Balaban J connectivity index is 1.50. The Bertz CT molecular complexity index is 1230. The molecule has 0 unspecified atom stereocenters. The minimum Gasteiger partial charge on any atom is -0.486 e. The average Bonchev–Trinajstić information content (AvgIpc) is 2.92. The minimum absolute atomic E-state index is 0.0407. The van der Waals surface area contributed by atoms with Crippen molar-refractivity contribution in [3.8, 4) is 28.0 Å². The first kappa shape index (κ1) is 26.9. The van der Waals surface area contributed by atoms with Crippen molar-refractivity contribution < 1.29 is 31.8 Å². The van der Waals surface area contributed by atoms with Gasteiger partial charge in [0, 0.05) is 17.0 Å². The molecule has 0 atom stereocenters. The summed E-state index contributed by atoms with van der Waals surface area (Å²) in [5.74, 6) is -4.61. The van der Waals surface area contributed by atoms with Gasteiger partial charge in [-0.3, -0.25) is 0 Å². The molecule has 3 aromatic rings. The van der Waals surface area contributed by atoms with E-state index < -0.39 is 29.2 Å². The van der Waals surface area contributed by atoms with Gasteiger partial charge in [0.05, 0.1) is 13.2 Å². The first-order valence-corrected chi connectivity index (χ1v) is 12.5. The number of ether oxygens (including phenoxy) is 3. The third-order valence-electron chi connectivity index (χ3n) is 6.44. The molecular weight excluding hydrogens is 484 g/mol. The Morgan fingerprint density at radius 1 is 0.811 bits per heavy atom. The maximum atomic E-state index is 15.1. The predicted molar refractivity (Wildman–Crippen MR) is 135 cm³/mol. The number of rotatable bonds is 9. The smallest absolute Gasteiger partial charge is 0.201 e. The molecule has 3 aromatic carbocycles. The second kappa shape index (κ2) is 12.4. The van der Waals surface area contributed by atoms with Crippen LogP contribution in [-0.4, -0.2) is 26.1 Å². The Hall–Kier alpha value is -3.16. The topological polar surface area (TPSA) is 27.7 Å². The number of halogens is 4. The largest absolute Gasteiger partial charge is 0.486 e. The summed E-state index contributed by atoms with van der Waals surface area (Å²) in [6.07, 6.45) is 5.90. The molecule has 1 saturated heterocycles. The van der Waals surface area contributed by atoms with Crippen LogP contribution in [-0.2, 0) is 9.47 Å². The van der Waals surface area contributed by atoms with Crippen molar-refractivity contribution in [1.29, 1.82) is 0 Å². The second-order valence-electron chi connectivity index (χ2n) is 8.96. The fraction of sp³-hybridized carbons (Fsp3) is 0.333. The molecule has 0 spiro atoms. The normalized spacial score (nSPS) is 17.9. The van der Waals surface area contributed by atoms with Crippen LogP contribution in [0.15, 0.2) is 60.7 Å². The highest BCUT2D eigenvalue weighted by Gasteiger charge is 2.27. The van der Waals surface area contributed by atoms with Gasteiger partial charge in [0.25, 0.3) is 0 Å². The third kappa shape index (κ3) is 6.05. The number of allylic oxidation sites excluding steroid dienone is 1. The molecule has 0 N–H and O–H groups in total. The van der Waals surface area contributed by atoms with Gasteiger partial charge in [-0.05, 0) is 48.6 Å². The van der Waals surface area contributed by atoms with Crippen molar-refractivity contribution in [2.24, 2.45) is 0 Å². The lowest BCUT2D eigenvalue weighted by Crippen LogP contribution is -2.31. The number of unbranched alkanes of at least 4 members (excludes halogenated alkanes) is 1. The van der Waals surface area contributed by atoms with Crippen molar-refractivity contribution in [1.82, 2.24) is 0 Å². The zero-order valence-corrected chi connectivity index (χ0v) is 20.9. The fourth-order valence-electron chi connectivity index (χ4n) is 4.29. The molecule has 0 saturated carbocycles. The van der Waals surface area contributed by atoms with E-state index >= 15 is 8.78 Å². The van der Waals surface area contributed by atoms with Crippen molar-refractivity contribution in [2.45, 2.75) is 45.3 Å². The van der Waals surface area contributed by atoms with Crippen LogP contribution in [0.5, 0.6) is 5.75 Å². The molecule has 0 amide bonds. The second-order valence-corrected chi connectivity index (χ2v) is 8.96. The standard InChI is InChI=1S/C30H30F4O3/c1-3-5-7-26-36-17-21(18-37-26)24-13-12-22(27(31)28(24)32)19-8-10-20(11-9-19)23-14-15-25(30(34)29(23)33)35-16-6-4-2/h4,6,8-15,21,26H,3,5,7,16-18H2,1-2H3. The highest BCUT2D eigenvalue weighted by Crippen LogP contribution is 2.34. The highest BCUT2D eigenvalue weighted by atomic mass is 19.2. The average molecular weight is 515 g/mol. The molecule has 1 heterocycles. The molecule has 0 radical (unpaired) electrons. The van der Waals surface area contributed by atoms with Crippen molar-refractivity contribution in [3.05, 3.63) is 89.5 Å². The Labute approximate surface area is 214 Å². The Morgan fingerprint density at radius 3 is 2.00 bits per heavy atom. The van der Waals surface area contributed by atoms with Crippen LogP contribution in [0.2, 0.25) is 0 Å². The summed E-state index contributed by atoms with van der Waals surface area (Å²) in [6, 6.07) is 12.0. The predicted octanol–water partition coefficient (Wildman–Crippen LogP) is 8.18. The molecule has 1 aliphatic rings. The van der Waals surface area contributed by atoms with Gasteiger partial charge in [-0.25, -0.2) is 13.2 Å². The summed E-state index contributed by atoms with van der Waals surface area (Å²) in [5, 5.41) is 0. The van der Waals surface area contributed by atoms with E-state index in [4.69, 9.17) is 14.2 Å². The summed E-state index contributed by atoms with van der Waals surface area (Å²) in [4.78, 5) is 0. The van der Waals surface area contributed by atoms with Crippen molar-refractivity contribution in [3.63, 3.8) is 0 Å². The van der Waals surface area contributed by atoms with Crippen molar-refractivity contribution >= 4 is 0 Å². The maximum Gasteiger partial charge on any atom is 0.201 e. The van der Waals surface area contributed by atoms with E-state index in [9.17, 15) is 8.78 Å². The van der Waals surface area contributed by atoms with Gasteiger partial charge < -0.3 is 14.2 Å². The SMILES string of the molecule is CC=CCOc1ccc(-c2ccc(-c3ccc(C4COC(CCCC)OC4)c(F)c3F)cc2)c(F)c1F. The zero-order valence-electron chi connectivity index (χ0n) is 20.9. The molecule has 3 nitrogen and oxygen atoms in total. The number of hydrogen-bond donors (Lipinski definition) is 0.